The van der Waals surface area contributed by atoms with Crippen molar-refractivity contribution in [2.75, 3.05) is 39.3 Å². The van der Waals surface area contributed by atoms with Crippen LogP contribution in [0.3, 0.4) is 0 Å². The van der Waals surface area contributed by atoms with Gasteiger partial charge in [0.25, 0.3) is 0 Å². The molecule has 0 unspecified atom stereocenters. The van der Waals surface area contributed by atoms with Crippen LogP contribution in [0.2, 0.25) is 0 Å². The molecule has 2 aliphatic heterocycles. The number of nitrogens with zero attached hydrogens (tertiary/aromatic N) is 2. The third kappa shape index (κ3) is 10.6. The van der Waals surface area contributed by atoms with Crippen LogP contribution in [-0.4, -0.2) is 49.1 Å². The van der Waals surface area contributed by atoms with Crippen molar-refractivity contribution in [2.45, 2.75) is 90.9 Å². The van der Waals surface area contributed by atoms with Gasteiger partial charge in [-0.05, 0) is 77.8 Å². The molecule has 0 aromatic heterocycles. The van der Waals surface area contributed by atoms with E-state index >= 15 is 0 Å². The molecule has 2 rings (SSSR count). The fourth-order valence-electron chi connectivity index (χ4n) is 3.51. The lowest BCUT2D eigenvalue weighted by Crippen LogP contribution is -2.30. The summed E-state index contributed by atoms with van der Waals surface area (Å²) in [6.07, 6.45) is 17.0. The first-order valence-electron chi connectivity index (χ1n) is 10.3. The van der Waals surface area contributed by atoms with Crippen molar-refractivity contribution >= 4 is 0 Å². The van der Waals surface area contributed by atoms with Gasteiger partial charge in [-0.2, -0.15) is 0 Å². The van der Waals surface area contributed by atoms with Crippen LogP contribution in [0.5, 0.6) is 0 Å². The molecule has 0 amide bonds. The zero-order valence-corrected chi connectivity index (χ0v) is 15.6. The van der Waals surface area contributed by atoms with Crippen molar-refractivity contribution in [2.24, 2.45) is 0 Å². The second-order valence-electron chi connectivity index (χ2n) is 7.22. The monoisotopic (exact) mass is 310 g/mol. The number of unbranched alkanes of at least 4 members (excludes halogenated alkanes) is 4. The standard InChI is InChI=1S/C11H23N.C9H19N/c1-2-3-4-6-9-12-10-7-5-8-11-12;1-2-3-7-10-8-5-4-6-9-10/h2-11H2,1H3;2-9H2,1H3. The van der Waals surface area contributed by atoms with Crippen LogP contribution < -0.4 is 0 Å². The average molecular weight is 311 g/mol. The molecular weight excluding hydrogens is 268 g/mol. The van der Waals surface area contributed by atoms with E-state index in [0.29, 0.717) is 0 Å². The largest absolute Gasteiger partial charge is 0.303 e. The highest BCUT2D eigenvalue weighted by Crippen LogP contribution is 2.10. The van der Waals surface area contributed by atoms with Gasteiger partial charge in [0.05, 0.1) is 0 Å². The van der Waals surface area contributed by atoms with Crippen molar-refractivity contribution in [3.63, 3.8) is 0 Å². The highest BCUT2D eigenvalue weighted by molar-refractivity contribution is 4.64. The number of rotatable bonds is 8. The molecule has 2 aliphatic rings. The van der Waals surface area contributed by atoms with Crippen molar-refractivity contribution in [1.29, 1.82) is 0 Å². The lowest BCUT2D eigenvalue weighted by Gasteiger charge is -2.26. The molecule has 132 valence electrons. The molecule has 0 N–H and O–H groups in total. The van der Waals surface area contributed by atoms with E-state index in [4.69, 9.17) is 0 Å². The SMILES string of the molecule is CCCCCCN1CCCCC1.CCCCN1CCCCC1. The van der Waals surface area contributed by atoms with Gasteiger partial charge in [-0.1, -0.05) is 52.4 Å². The number of hydrogen-bond donors (Lipinski definition) is 0. The Morgan fingerprint density at radius 1 is 0.500 bits per heavy atom. The Morgan fingerprint density at radius 2 is 0.955 bits per heavy atom. The molecule has 2 fully saturated rings. The molecule has 0 aromatic rings. The number of likely N-dealkylation sites (tertiary alicyclic amines) is 2. The van der Waals surface area contributed by atoms with Crippen molar-refractivity contribution in [3.8, 4) is 0 Å². The van der Waals surface area contributed by atoms with Gasteiger partial charge in [0.15, 0.2) is 0 Å². The van der Waals surface area contributed by atoms with Crippen LogP contribution in [0.25, 0.3) is 0 Å². The summed E-state index contributed by atoms with van der Waals surface area (Å²) in [5.74, 6) is 0. The average Bonchev–Trinajstić information content (AvgIpc) is 2.59. The zero-order chi connectivity index (χ0) is 15.9. The lowest BCUT2D eigenvalue weighted by atomic mass is 10.1. The molecule has 0 radical (unpaired) electrons. The van der Waals surface area contributed by atoms with Gasteiger partial charge in [0.1, 0.15) is 0 Å². The quantitative estimate of drug-likeness (QED) is 0.559. The topological polar surface area (TPSA) is 6.48 Å². The predicted octanol–water partition coefficient (Wildman–Crippen LogP) is 5.33. The minimum Gasteiger partial charge on any atom is -0.303 e. The minimum absolute atomic E-state index is 1.34. The van der Waals surface area contributed by atoms with Crippen molar-refractivity contribution < 1.29 is 0 Å². The van der Waals surface area contributed by atoms with Crippen molar-refractivity contribution in [1.82, 2.24) is 9.80 Å². The van der Waals surface area contributed by atoms with Gasteiger partial charge in [-0.3, -0.25) is 0 Å². The molecule has 2 saturated heterocycles. The van der Waals surface area contributed by atoms with Gasteiger partial charge >= 0.3 is 0 Å². The van der Waals surface area contributed by atoms with Gasteiger partial charge in [0, 0.05) is 0 Å². The maximum atomic E-state index is 2.64. The Bertz CT molecular complexity index is 218. The van der Waals surface area contributed by atoms with Crippen LogP contribution in [0.4, 0.5) is 0 Å². The van der Waals surface area contributed by atoms with Crippen LogP contribution in [0.1, 0.15) is 90.9 Å². The van der Waals surface area contributed by atoms with E-state index in [1.807, 2.05) is 0 Å². The summed E-state index contributed by atoms with van der Waals surface area (Å²) in [4.78, 5) is 5.24. The summed E-state index contributed by atoms with van der Waals surface area (Å²) in [6, 6.07) is 0. The van der Waals surface area contributed by atoms with Gasteiger partial charge in [0.2, 0.25) is 0 Å². The molecule has 0 bridgehead atoms. The van der Waals surface area contributed by atoms with Gasteiger partial charge in [-0.15, -0.1) is 0 Å². The first-order valence-corrected chi connectivity index (χ1v) is 10.3. The predicted molar refractivity (Wildman–Crippen MR) is 99.6 cm³/mol. The summed E-state index contributed by atoms with van der Waals surface area (Å²) in [6.45, 7) is 12.7. The molecule has 0 aromatic carbocycles. The molecule has 22 heavy (non-hydrogen) atoms. The van der Waals surface area contributed by atoms with E-state index in [2.05, 4.69) is 23.6 Å². The highest BCUT2D eigenvalue weighted by Gasteiger charge is 2.08. The van der Waals surface area contributed by atoms with Crippen LogP contribution in [-0.2, 0) is 0 Å². The summed E-state index contributed by atoms with van der Waals surface area (Å²) >= 11 is 0. The Kier molecular flexibility index (Phi) is 13.2. The number of piperidine rings is 2. The summed E-state index contributed by atoms with van der Waals surface area (Å²) in [7, 11) is 0. The number of hydrogen-bond acceptors (Lipinski definition) is 2. The normalized spacial score (nSPS) is 20.5. The van der Waals surface area contributed by atoms with Crippen molar-refractivity contribution in [3.05, 3.63) is 0 Å². The Labute approximate surface area is 140 Å². The second-order valence-corrected chi connectivity index (χ2v) is 7.22. The molecule has 2 heterocycles. The first-order chi connectivity index (χ1) is 10.9. The molecule has 2 nitrogen and oxygen atoms in total. The molecule has 0 saturated carbocycles. The van der Waals surface area contributed by atoms with E-state index in [1.165, 1.54) is 116 Å². The molecule has 0 atom stereocenters. The zero-order valence-electron chi connectivity index (χ0n) is 15.6. The van der Waals surface area contributed by atoms with E-state index < -0.39 is 0 Å². The Morgan fingerprint density at radius 3 is 1.41 bits per heavy atom. The third-order valence-corrected chi connectivity index (χ3v) is 5.05. The highest BCUT2D eigenvalue weighted by atomic mass is 15.1. The summed E-state index contributed by atoms with van der Waals surface area (Å²) in [5, 5.41) is 0. The summed E-state index contributed by atoms with van der Waals surface area (Å²) < 4.78 is 0. The maximum absolute atomic E-state index is 2.64. The minimum atomic E-state index is 1.34. The maximum Gasteiger partial charge on any atom is -0.00187 e. The van der Waals surface area contributed by atoms with E-state index in [9.17, 15) is 0 Å². The summed E-state index contributed by atoms with van der Waals surface area (Å²) in [5.41, 5.74) is 0. The van der Waals surface area contributed by atoms with E-state index in [0.717, 1.165) is 0 Å². The van der Waals surface area contributed by atoms with Crippen LogP contribution in [0.15, 0.2) is 0 Å². The fraction of sp³-hybridized carbons (Fsp3) is 1.00. The Balaban J connectivity index is 0.000000224. The van der Waals surface area contributed by atoms with E-state index in [1.54, 1.807) is 0 Å². The van der Waals surface area contributed by atoms with E-state index in [-0.39, 0.29) is 0 Å². The third-order valence-electron chi connectivity index (χ3n) is 5.05. The van der Waals surface area contributed by atoms with Gasteiger partial charge < -0.3 is 9.80 Å². The molecule has 0 aliphatic carbocycles. The molecule has 2 heteroatoms. The smallest absolute Gasteiger partial charge is 0.00187 e. The second kappa shape index (κ2) is 14.5. The first kappa shape index (κ1) is 20.0. The Hall–Kier alpha value is -0.0800. The van der Waals surface area contributed by atoms with Crippen LogP contribution in [0, 0.1) is 0 Å². The molecule has 0 spiro atoms. The van der Waals surface area contributed by atoms with Gasteiger partial charge in [-0.25, -0.2) is 0 Å². The molecular formula is C20H42N2. The fourth-order valence-corrected chi connectivity index (χ4v) is 3.51. The van der Waals surface area contributed by atoms with Crippen LogP contribution >= 0.6 is 0 Å². The lowest BCUT2D eigenvalue weighted by molar-refractivity contribution is 0.224.